The first-order valence-corrected chi connectivity index (χ1v) is 14.7. The average Bonchev–Trinajstić information content (AvgIpc) is 2.88. The number of aliphatic hydroxyl groups is 2. The summed E-state index contributed by atoms with van der Waals surface area (Å²) in [5.74, 6) is -0.702. The Hall–Kier alpha value is -2.46. The van der Waals surface area contributed by atoms with Gasteiger partial charge in [-0.3, -0.25) is 4.79 Å². The SMILES string of the molecule is CCCC(CCC)S(=O)(=O)CC(O)C(=O)N[C@@H](Cc1ccccc1)[C@@H](O)CNCc1cccc(OC)c1. The molecule has 0 bridgehead atoms. The van der Waals surface area contributed by atoms with E-state index in [0.29, 0.717) is 38.6 Å². The van der Waals surface area contributed by atoms with Crippen molar-refractivity contribution in [2.24, 2.45) is 0 Å². The minimum Gasteiger partial charge on any atom is -0.497 e. The number of hydrogen-bond donors (Lipinski definition) is 4. The van der Waals surface area contributed by atoms with Crippen molar-refractivity contribution in [1.82, 2.24) is 10.6 Å². The Labute approximate surface area is 221 Å². The van der Waals surface area contributed by atoms with E-state index in [1.165, 1.54) is 0 Å². The van der Waals surface area contributed by atoms with Gasteiger partial charge in [0.25, 0.3) is 0 Å². The fourth-order valence-corrected chi connectivity index (χ4v) is 6.35. The third kappa shape index (κ3) is 10.4. The molecular weight excluding hydrogens is 492 g/mol. The van der Waals surface area contributed by atoms with E-state index in [9.17, 15) is 23.4 Å². The van der Waals surface area contributed by atoms with Crippen LogP contribution >= 0.6 is 0 Å². The number of sulfone groups is 1. The van der Waals surface area contributed by atoms with Gasteiger partial charge in [0, 0.05) is 13.1 Å². The van der Waals surface area contributed by atoms with E-state index in [4.69, 9.17) is 4.74 Å². The summed E-state index contributed by atoms with van der Waals surface area (Å²) in [5, 5.41) is 26.8. The summed E-state index contributed by atoms with van der Waals surface area (Å²) >= 11 is 0. The van der Waals surface area contributed by atoms with Crippen LogP contribution in [0.25, 0.3) is 0 Å². The van der Waals surface area contributed by atoms with E-state index < -0.39 is 45.0 Å². The minimum atomic E-state index is -3.65. The zero-order valence-electron chi connectivity index (χ0n) is 22.1. The number of hydrogen-bond acceptors (Lipinski definition) is 7. The number of ether oxygens (including phenoxy) is 1. The van der Waals surface area contributed by atoms with Crippen molar-refractivity contribution >= 4 is 15.7 Å². The minimum absolute atomic E-state index is 0.179. The molecule has 9 heteroatoms. The van der Waals surface area contributed by atoms with Crippen molar-refractivity contribution in [3.63, 3.8) is 0 Å². The van der Waals surface area contributed by atoms with Gasteiger partial charge in [-0.2, -0.15) is 0 Å². The Kier molecular flexibility index (Phi) is 13.1. The van der Waals surface area contributed by atoms with E-state index >= 15 is 0 Å². The third-order valence-electron chi connectivity index (χ3n) is 6.33. The van der Waals surface area contributed by atoms with Gasteiger partial charge >= 0.3 is 0 Å². The maximum atomic E-state index is 12.9. The number of carbonyl (C=O) groups excluding carboxylic acids is 1. The number of rotatable bonds is 17. The molecule has 0 aliphatic heterocycles. The zero-order valence-corrected chi connectivity index (χ0v) is 22.9. The van der Waals surface area contributed by atoms with E-state index in [-0.39, 0.29) is 6.54 Å². The van der Waals surface area contributed by atoms with Crippen molar-refractivity contribution in [3.05, 3.63) is 65.7 Å². The van der Waals surface area contributed by atoms with Crippen LogP contribution in [-0.2, 0) is 27.6 Å². The summed E-state index contributed by atoms with van der Waals surface area (Å²) in [6, 6.07) is 16.2. The number of nitrogens with one attached hydrogen (secondary N) is 2. The number of methoxy groups -OCH3 is 1. The number of amides is 1. The Morgan fingerprint density at radius 3 is 2.24 bits per heavy atom. The molecule has 4 N–H and O–H groups in total. The Bertz CT molecular complexity index is 1040. The molecule has 8 nitrogen and oxygen atoms in total. The second-order valence-corrected chi connectivity index (χ2v) is 11.7. The van der Waals surface area contributed by atoms with Crippen LogP contribution in [0.2, 0.25) is 0 Å². The van der Waals surface area contributed by atoms with Crippen LogP contribution in [0.1, 0.15) is 50.7 Å². The van der Waals surface area contributed by atoms with Crippen molar-refractivity contribution in [2.45, 2.75) is 76.0 Å². The molecule has 0 spiro atoms. The van der Waals surface area contributed by atoms with Crippen LogP contribution in [0.5, 0.6) is 5.75 Å². The highest BCUT2D eigenvalue weighted by Gasteiger charge is 2.31. The number of aliphatic hydroxyl groups excluding tert-OH is 2. The van der Waals surface area contributed by atoms with Crippen LogP contribution in [0.3, 0.4) is 0 Å². The zero-order chi connectivity index (χ0) is 27.3. The van der Waals surface area contributed by atoms with Gasteiger partial charge in [-0.15, -0.1) is 0 Å². The van der Waals surface area contributed by atoms with E-state index in [0.717, 1.165) is 16.9 Å². The van der Waals surface area contributed by atoms with Crippen molar-refractivity contribution < 1.29 is 28.2 Å². The van der Waals surface area contributed by atoms with E-state index in [1.54, 1.807) is 7.11 Å². The Balaban J connectivity index is 2.05. The van der Waals surface area contributed by atoms with Gasteiger partial charge in [-0.05, 0) is 42.5 Å². The van der Waals surface area contributed by atoms with Crippen LogP contribution in [0.4, 0.5) is 0 Å². The van der Waals surface area contributed by atoms with Crippen molar-refractivity contribution in [1.29, 1.82) is 0 Å². The van der Waals surface area contributed by atoms with Gasteiger partial charge in [0.15, 0.2) is 9.84 Å². The fraction of sp³-hybridized carbons (Fsp3) is 0.536. The smallest absolute Gasteiger partial charge is 0.250 e. The highest BCUT2D eigenvalue weighted by Crippen LogP contribution is 2.17. The molecule has 1 amide bonds. The maximum absolute atomic E-state index is 12.9. The first-order valence-electron chi connectivity index (χ1n) is 13.0. The molecule has 0 saturated carbocycles. The van der Waals surface area contributed by atoms with Gasteiger partial charge in [0.1, 0.15) is 11.9 Å². The van der Waals surface area contributed by atoms with E-state index in [1.807, 2.05) is 68.4 Å². The number of carbonyl (C=O) groups is 1. The second kappa shape index (κ2) is 15.7. The summed E-state index contributed by atoms with van der Waals surface area (Å²) in [4.78, 5) is 12.9. The highest BCUT2D eigenvalue weighted by atomic mass is 32.2. The lowest BCUT2D eigenvalue weighted by atomic mass is 10.0. The Morgan fingerprint density at radius 2 is 1.62 bits per heavy atom. The average molecular weight is 535 g/mol. The molecule has 0 aliphatic rings. The first kappa shape index (κ1) is 30.8. The van der Waals surface area contributed by atoms with Gasteiger partial charge in [-0.25, -0.2) is 8.42 Å². The molecule has 0 fully saturated rings. The molecule has 0 aromatic heterocycles. The molecule has 2 rings (SSSR count). The molecule has 0 radical (unpaired) electrons. The molecule has 206 valence electrons. The summed E-state index contributed by atoms with van der Waals surface area (Å²) < 4.78 is 30.9. The topological polar surface area (TPSA) is 125 Å². The van der Waals surface area contributed by atoms with Crippen molar-refractivity contribution in [2.75, 3.05) is 19.4 Å². The standard InChI is InChI=1S/C28H42N2O6S/c1-4-10-24(11-5-2)37(34,35)20-27(32)28(33)30-25(17-21-12-7-6-8-13-21)26(31)19-29-18-22-14-9-15-23(16-22)36-3/h6-9,12-16,24-27,29,31-32H,4-5,10-11,17-20H2,1-3H3,(H,30,33)/t25-,26-,27?/m0/s1. The molecular formula is C28H42N2O6S. The predicted molar refractivity (Wildman–Crippen MR) is 146 cm³/mol. The lowest BCUT2D eigenvalue weighted by molar-refractivity contribution is -0.129. The predicted octanol–water partition coefficient (Wildman–Crippen LogP) is 2.62. The van der Waals surface area contributed by atoms with Crippen LogP contribution < -0.4 is 15.4 Å². The first-order chi connectivity index (χ1) is 17.7. The third-order valence-corrected chi connectivity index (χ3v) is 8.60. The Morgan fingerprint density at radius 1 is 0.973 bits per heavy atom. The summed E-state index contributed by atoms with van der Waals surface area (Å²) in [6.07, 6.45) is 0.0449. The van der Waals surface area contributed by atoms with Crippen molar-refractivity contribution in [3.8, 4) is 5.75 Å². The van der Waals surface area contributed by atoms with Gasteiger partial charge in [0.2, 0.25) is 5.91 Å². The lowest BCUT2D eigenvalue weighted by Crippen LogP contribution is -2.52. The fourth-order valence-electron chi connectivity index (χ4n) is 4.30. The van der Waals surface area contributed by atoms with Gasteiger partial charge < -0.3 is 25.6 Å². The largest absolute Gasteiger partial charge is 0.497 e. The van der Waals surface area contributed by atoms with Crippen LogP contribution in [-0.4, -0.2) is 67.4 Å². The van der Waals surface area contributed by atoms with E-state index in [2.05, 4.69) is 10.6 Å². The molecule has 37 heavy (non-hydrogen) atoms. The summed E-state index contributed by atoms with van der Waals surface area (Å²) in [7, 11) is -2.05. The molecule has 0 heterocycles. The molecule has 3 atom stereocenters. The highest BCUT2D eigenvalue weighted by molar-refractivity contribution is 7.92. The summed E-state index contributed by atoms with van der Waals surface area (Å²) in [5.41, 5.74) is 1.87. The molecule has 0 saturated heterocycles. The normalized spacial score (nSPS) is 14.2. The second-order valence-electron chi connectivity index (χ2n) is 9.40. The lowest BCUT2D eigenvalue weighted by Gasteiger charge is -2.26. The van der Waals surface area contributed by atoms with Crippen LogP contribution in [0, 0.1) is 0 Å². The van der Waals surface area contributed by atoms with Crippen LogP contribution in [0.15, 0.2) is 54.6 Å². The number of benzene rings is 2. The maximum Gasteiger partial charge on any atom is 0.250 e. The van der Waals surface area contributed by atoms with Gasteiger partial charge in [0.05, 0.1) is 30.3 Å². The van der Waals surface area contributed by atoms with Gasteiger partial charge in [-0.1, -0.05) is 69.2 Å². The molecule has 2 aromatic rings. The summed E-state index contributed by atoms with van der Waals surface area (Å²) in [6.45, 7) is 4.49. The molecule has 0 aliphatic carbocycles. The quantitative estimate of drug-likeness (QED) is 0.246. The monoisotopic (exact) mass is 534 g/mol. The molecule has 1 unspecified atom stereocenters. The molecule has 2 aromatic carbocycles.